The molecule has 0 radical (unpaired) electrons. The van der Waals surface area contributed by atoms with Gasteiger partial charge in [0.2, 0.25) is 0 Å². The number of aliphatic hydroxyl groups is 1. The fourth-order valence-electron chi connectivity index (χ4n) is 2.08. The number of hydrogen-bond acceptors (Lipinski definition) is 4. The molecule has 1 heterocycles. The van der Waals surface area contributed by atoms with Crippen molar-refractivity contribution in [3.8, 4) is 0 Å². The molecule has 0 saturated carbocycles. The average molecular weight is 287 g/mol. The first kappa shape index (κ1) is 13.5. The van der Waals surface area contributed by atoms with Gasteiger partial charge in [0, 0.05) is 22.8 Å². The molecule has 1 unspecified atom stereocenters. The van der Waals surface area contributed by atoms with E-state index in [1.165, 1.54) is 0 Å². The molecule has 1 saturated heterocycles. The number of hydrogen-bond donors (Lipinski definition) is 2. The number of aliphatic hydroxyl groups excluding tert-OH is 1. The van der Waals surface area contributed by atoms with Gasteiger partial charge in [0.1, 0.15) is 4.99 Å². The summed E-state index contributed by atoms with van der Waals surface area (Å²) in [7, 11) is 0. The molecular weight excluding hydrogens is 272 g/mol. The number of benzene rings is 1. The Kier molecular flexibility index (Phi) is 4.40. The van der Waals surface area contributed by atoms with E-state index in [-0.39, 0.29) is 12.6 Å². The lowest BCUT2D eigenvalue weighted by Gasteiger charge is -2.37. The number of rotatable bonds is 3. The van der Waals surface area contributed by atoms with Crippen molar-refractivity contribution in [2.24, 2.45) is 5.73 Å². The van der Waals surface area contributed by atoms with E-state index in [4.69, 9.17) is 34.3 Å². The van der Waals surface area contributed by atoms with Gasteiger partial charge < -0.3 is 20.5 Å². The van der Waals surface area contributed by atoms with E-state index in [0.717, 1.165) is 11.3 Å². The maximum Gasteiger partial charge on any atom is 0.106 e. The quantitative estimate of drug-likeness (QED) is 0.817. The lowest BCUT2D eigenvalue weighted by atomic mass is 10.1. The maximum atomic E-state index is 9.40. The van der Waals surface area contributed by atoms with Gasteiger partial charge in [-0.15, -0.1) is 0 Å². The molecule has 0 aromatic heterocycles. The summed E-state index contributed by atoms with van der Waals surface area (Å²) < 4.78 is 5.36. The smallest absolute Gasteiger partial charge is 0.106 e. The van der Waals surface area contributed by atoms with Crippen molar-refractivity contribution in [3.63, 3.8) is 0 Å². The van der Waals surface area contributed by atoms with Gasteiger partial charge in [0.25, 0.3) is 0 Å². The number of ether oxygens (including phenoxy) is 1. The number of thiocarbonyl (C=S) groups is 1. The van der Waals surface area contributed by atoms with E-state index in [1.807, 2.05) is 6.07 Å². The molecule has 2 rings (SSSR count). The summed E-state index contributed by atoms with van der Waals surface area (Å²) in [5.41, 5.74) is 7.36. The van der Waals surface area contributed by atoms with Crippen LogP contribution in [0.3, 0.4) is 0 Å². The third-order valence-corrected chi connectivity index (χ3v) is 3.43. The van der Waals surface area contributed by atoms with Gasteiger partial charge in [-0.3, -0.25) is 0 Å². The SMILES string of the molecule is NC(=S)c1cc(Cl)ccc1N1CCOCC1CO. The van der Waals surface area contributed by atoms with Gasteiger partial charge >= 0.3 is 0 Å². The van der Waals surface area contributed by atoms with Gasteiger partial charge in [0.15, 0.2) is 0 Å². The van der Waals surface area contributed by atoms with E-state index in [1.54, 1.807) is 12.1 Å². The summed E-state index contributed by atoms with van der Waals surface area (Å²) in [4.78, 5) is 2.37. The van der Waals surface area contributed by atoms with Crippen LogP contribution in [0.5, 0.6) is 0 Å². The summed E-state index contributed by atoms with van der Waals surface area (Å²) in [6.45, 7) is 1.84. The topological polar surface area (TPSA) is 58.7 Å². The molecule has 0 aliphatic carbocycles. The van der Waals surface area contributed by atoms with Gasteiger partial charge in [0.05, 0.1) is 25.9 Å². The largest absolute Gasteiger partial charge is 0.394 e. The molecule has 1 aromatic carbocycles. The van der Waals surface area contributed by atoms with E-state index in [2.05, 4.69) is 4.90 Å². The van der Waals surface area contributed by atoms with Crippen LogP contribution in [-0.2, 0) is 4.74 Å². The highest BCUT2D eigenvalue weighted by atomic mass is 35.5. The molecule has 4 nitrogen and oxygen atoms in total. The summed E-state index contributed by atoms with van der Waals surface area (Å²) in [5.74, 6) is 0. The Morgan fingerprint density at radius 2 is 2.39 bits per heavy atom. The molecule has 6 heteroatoms. The van der Waals surface area contributed by atoms with Crippen molar-refractivity contribution in [2.45, 2.75) is 6.04 Å². The van der Waals surface area contributed by atoms with Crippen molar-refractivity contribution in [1.29, 1.82) is 0 Å². The second-order valence-electron chi connectivity index (χ2n) is 4.13. The second-order valence-corrected chi connectivity index (χ2v) is 5.01. The van der Waals surface area contributed by atoms with Crippen LogP contribution in [0.15, 0.2) is 18.2 Å². The van der Waals surface area contributed by atoms with Crippen molar-refractivity contribution in [1.82, 2.24) is 0 Å². The highest BCUT2D eigenvalue weighted by Gasteiger charge is 2.25. The standard InChI is InChI=1S/C12H15ClN2O2S/c13-8-1-2-11(10(5-8)12(14)18)15-3-4-17-7-9(15)6-16/h1-2,5,9,16H,3-4,6-7H2,(H2,14,18). The predicted octanol–water partition coefficient (Wildman–Crippen LogP) is 1.17. The summed E-state index contributed by atoms with van der Waals surface area (Å²) in [5, 5.41) is 9.99. The van der Waals surface area contributed by atoms with Crippen LogP contribution in [0.2, 0.25) is 5.02 Å². The van der Waals surface area contributed by atoms with E-state index >= 15 is 0 Å². The Bertz CT molecular complexity index is 456. The van der Waals surface area contributed by atoms with Crippen LogP contribution in [0.4, 0.5) is 5.69 Å². The minimum Gasteiger partial charge on any atom is -0.394 e. The molecule has 1 aromatic rings. The number of nitrogens with two attached hydrogens (primary N) is 1. The van der Waals surface area contributed by atoms with Gasteiger partial charge in [-0.2, -0.15) is 0 Å². The first-order valence-corrected chi connectivity index (χ1v) is 6.46. The monoisotopic (exact) mass is 286 g/mol. The average Bonchev–Trinajstić information content (AvgIpc) is 2.38. The van der Waals surface area contributed by atoms with Crippen molar-refractivity contribution < 1.29 is 9.84 Å². The lowest BCUT2D eigenvalue weighted by Crippen LogP contribution is -2.48. The molecule has 1 aliphatic heterocycles. The molecule has 1 aliphatic rings. The van der Waals surface area contributed by atoms with E-state index in [0.29, 0.717) is 29.8 Å². The van der Waals surface area contributed by atoms with Crippen LogP contribution >= 0.6 is 23.8 Å². The van der Waals surface area contributed by atoms with Crippen LogP contribution in [0.1, 0.15) is 5.56 Å². The predicted molar refractivity (Wildman–Crippen MR) is 76.4 cm³/mol. The molecule has 18 heavy (non-hydrogen) atoms. The van der Waals surface area contributed by atoms with Crippen LogP contribution in [0.25, 0.3) is 0 Å². The maximum absolute atomic E-state index is 9.40. The zero-order valence-corrected chi connectivity index (χ0v) is 11.4. The normalized spacial score (nSPS) is 19.9. The van der Waals surface area contributed by atoms with Gasteiger partial charge in [-0.25, -0.2) is 0 Å². The molecule has 0 bridgehead atoms. The third kappa shape index (κ3) is 2.75. The van der Waals surface area contributed by atoms with Gasteiger partial charge in [-0.05, 0) is 18.2 Å². The first-order chi connectivity index (χ1) is 8.63. The van der Waals surface area contributed by atoms with Crippen LogP contribution in [-0.4, -0.2) is 42.5 Å². The second kappa shape index (κ2) is 5.84. The minimum atomic E-state index is -0.0759. The van der Waals surface area contributed by atoms with Crippen molar-refractivity contribution >= 4 is 34.5 Å². The fraction of sp³-hybridized carbons (Fsp3) is 0.417. The zero-order valence-electron chi connectivity index (χ0n) is 9.80. The highest BCUT2D eigenvalue weighted by molar-refractivity contribution is 7.80. The fourth-order valence-corrected chi connectivity index (χ4v) is 2.41. The summed E-state index contributed by atoms with van der Waals surface area (Å²) in [6.07, 6.45) is 0. The van der Waals surface area contributed by atoms with E-state index in [9.17, 15) is 5.11 Å². The molecule has 3 N–H and O–H groups in total. The molecule has 0 amide bonds. The first-order valence-electron chi connectivity index (χ1n) is 5.68. The molecule has 1 atom stereocenters. The molecule has 0 spiro atoms. The number of anilines is 1. The Hall–Kier alpha value is -0.880. The number of nitrogens with zero attached hydrogens (tertiary/aromatic N) is 1. The highest BCUT2D eigenvalue weighted by Crippen LogP contribution is 2.27. The zero-order chi connectivity index (χ0) is 13.1. The van der Waals surface area contributed by atoms with Crippen LogP contribution < -0.4 is 10.6 Å². The Morgan fingerprint density at radius 1 is 1.61 bits per heavy atom. The molecule has 98 valence electrons. The lowest BCUT2D eigenvalue weighted by molar-refractivity contribution is 0.0727. The van der Waals surface area contributed by atoms with E-state index < -0.39 is 0 Å². The molecule has 1 fully saturated rings. The minimum absolute atomic E-state index is 0.0272. The van der Waals surface area contributed by atoms with Crippen molar-refractivity contribution in [3.05, 3.63) is 28.8 Å². The van der Waals surface area contributed by atoms with Gasteiger partial charge in [-0.1, -0.05) is 23.8 Å². The van der Waals surface area contributed by atoms with Crippen molar-refractivity contribution in [2.75, 3.05) is 31.3 Å². The summed E-state index contributed by atoms with van der Waals surface area (Å²) in [6, 6.07) is 5.35. The number of halogens is 1. The molecular formula is C12H15ClN2O2S. The third-order valence-electron chi connectivity index (χ3n) is 2.97. The Morgan fingerprint density at radius 3 is 3.06 bits per heavy atom. The summed E-state index contributed by atoms with van der Waals surface area (Å²) >= 11 is 11.0. The Balaban J connectivity index is 2.39. The Labute approximate surface area is 116 Å². The number of morpholine rings is 1. The van der Waals surface area contributed by atoms with Crippen LogP contribution in [0, 0.1) is 0 Å².